The van der Waals surface area contributed by atoms with Crippen molar-refractivity contribution in [1.82, 2.24) is 5.32 Å². The molecule has 0 aliphatic carbocycles. The van der Waals surface area contributed by atoms with Crippen molar-refractivity contribution in [2.75, 3.05) is 20.2 Å². The number of carbonyl (C=O) groups is 1. The second-order valence-electron chi connectivity index (χ2n) is 5.26. The molecule has 1 N–H and O–H groups in total. The highest BCUT2D eigenvalue weighted by Crippen LogP contribution is 2.18. The van der Waals surface area contributed by atoms with Crippen molar-refractivity contribution >= 4 is 28.7 Å². The average molecular weight is 352 g/mol. The Bertz CT molecular complexity index is 601. The summed E-state index contributed by atoms with van der Waals surface area (Å²) in [7, 11) is 1.69. The molecule has 0 aliphatic rings. The number of rotatable bonds is 10. The molecule has 1 atom stereocenters. The standard InChI is InChI=1S/C18H22ClNO2S/c1-22-16-8-3-2-6-14(16)10-12-20-11-4-7-15(19)18(21)17-9-5-13-23-17/h2-3,5-6,8-9,13,15,20H,4,7,10-12H2,1H3. The largest absolute Gasteiger partial charge is 0.496 e. The van der Waals surface area contributed by atoms with Crippen molar-refractivity contribution in [3.63, 3.8) is 0 Å². The number of alkyl halides is 1. The van der Waals surface area contributed by atoms with Crippen LogP contribution in [0.25, 0.3) is 0 Å². The van der Waals surface area contributed by atoms with Crippen LogP contribution >= 0.6 is 22.9 Å². The van der Waals surface area contributed by atoms with E-state index >= 15 is 0 Å². The maximum absolute atomic E-state index is 12.0. The number of para-hydroxylation sites is 1. The summed E-state index contributed by atoms with van der Waals surface area (Å²) in [6.45, 7) is 1.74. The van der Waals surface area contributed by atoms with Crippen LogP contribution in [0.1, 0.15) is 28.1 Å². The molecule has 0 spiro atoms. The van der Waals surface area contributed by atoms with E-state index in [1.807, 2.05) is 35.7 Å². The highest BCUT2D eigenvalue weighted by Gasteiger charge is 2.17. The van der Waals surface area contributed by atoms with Gasteiger partial charge in [0.15, 0.2) is 5.78 Å². The third-order valence-corrected chi connectivity index (χ3v) is 4.92. The van der Waals surface area contributed by atoms with Crippen molar-refractivity contribution in [2.24, 2.45) is 0 Å². The molecule has 1 aromatic heterocycles. The van der Waals surface area contributed by atoms with E-state index in [0.717, 1.165) is 36.6 Å². The number of ketones is 1. The molecule has 0 fully saturated rings. The molecule has 124 valence electrons. The van der Waals surface area contributed by atoms with Gasteiger partial charge in [0.05, 0.1) is 17.4 Å². The highest BCUT2D eigenvalue weighted by molar-refractivity contribution is 7.12. The van der Waals surface area contributed by atoms with Gasteiger partial charge >= 0.3 is 0 Å². The van der Waals surface area contributed by atoms with Crippen LogP contribution in [0, 0.1) is 0 Å². The van der Waals surface area contributed by atoms with E-state index in [9.17, 15) is 4.79 Å². The Balaban J connectivity index is 1.61. The Morgan fingerprint density at radius 3 is 2.83 bits per heavy atom. The minimum atomic E-state index is -0.426. The number of Topliss-reactive ketones (excluding diaryl/α,β-unsaturated/α-hetero) is 1. The number of thiophene rings is 1. The van der Waals surface area contributed by atoms with Gasteiger partial charge < -0.3 is 10.1 Å². The van der Waals surface area contributed by atoms with Crippen LogP contribution in [0.5, 0.6) is 5.75 Å². The molecule has 1 aromatic carbocycles. The number of hydrogen-bond donors (Lipinski definition) is 1. The minimum Gasteiger partial charge on any atom is -0.496 e. The number of nitrogens with one attached hydrogen (secondary N) is 1. The zero-order chi connectivity index (χ0) is 16.5. The summed E-state index contributed by atoms with van der Waals surface area (Å²) in [6.07, 6.45) is 2.50. The summed E-state index contributed by atoms with van der Waals surface area (Å²) in [5.41, 5.74) is 1.20. The van der Waals surface area contributed by atoms with Gasteiger partial charge in [-0.05, 0) is 55.4 Å². The third-order valence-electron chi connectivity index (χ3n) is 3.62. The smallest absolute Gasteiger partial charge is 0.190 e. The van der Waals surface area contributed by atoms with Crippen LogP contribution in [-0.4, -0.2) is 31.4 Å². The molecule has 1 heterocycles. The van der Waals surface area contributed by atoms with Gasteiger partial charge in [-0.15, -0.1) is 22.9 Å². The molecule has 1 unspecified atom stereocenters. The van der Waals surface area contributed by atoms with Crippen LogP contribution in [0.2, 0.25) is 0 Å². The minimum absolute atomic E-state index is 0.0377. The monoisotopic (exact) mass is 351 g/mol. The van der Waals surface area contributed by atoms with E-state index in [-0.39, 0.29) is 5.78 Å². The number of hydrogen-bond acceptors (Lipinski definition) is 4. The number of methoxy groups -OCH3 is 1. The second-order valence-corrected chi connectivity index (χ2v) is 6.74. The fraction of sp³-hybridized carbons (Fsp3) is 0.389. The lowest BCUT2D eigenvalue weighted by Gasteiger charge is -2.10. The Labute approximate surface area is 146 Å². The molecular weight excluding hydrogens is 330 g/mol. The molecule has 0 aliphatic heterocycles. The summed E-state index contributed by atoms with van der Waals surface area (Å²) in [5.74, 6) is 0.965. The molecule has 2 rings (SSSR count). The van der Waals surface area contributed by atoms with Crippen molar-refractivity contribution in [3.8, 4) is 5.75 Å². The van der Waals surface area contributed by atoms with Gasteiger partial charge in [-0.2, -0.15) is 0 Å². The normalized spacial score (nSPS) is 12.1. The number of benzene rings is 1. The number of halogens is 1. The van der Waals surface area contributed by atoms with Crippen LogP contribution in [0.3, 0.4) is 0 Å². The van der Waals surface area contributed by atoms with Crippen molar-refractivity contribution in [3.05, 3.63) is 52.2 Å². The quantitative estimate of drug-likeness (QED) is 0.397. The van der Waals surface area contributed by atoms with Crippen LogP contribution < -0.4 is 10.1 Å². The van der Waals surface area contributed by atoms with Crippen molar-refractivity contribution < 1.29 is 9.53 Å². The molecule has 23 heavy (non-hydrogen) atoms. The molecule has 5 heteroatoms. The fourth-order valence-electron chi connectivity index (χ4n) is 2.37. The van der Waals surface area contributed by atoms with Gasteiger partial charge in [0.25, 0.3) is 0 Å². The number of ether oxygens (including phenoxy) is 1. The van der Waals surface area contributed by atoms with Gasteiger partial charge in [0.1, 0.15) is 5.75 Å². The average Bonchev–Trinajstić information content (AvgIpc) is 3.11. The zero-order valence-corrected chi connectivity index (χ0v) is 14.8. The third kappa shape index (κ3) is 5.65. The molecule has 0 bridgehead atoms. The van der Waals surface area contributed by atoms with E-state index in [0.29, 0.717) is 6.42 Å². The number of carbonyl (C=O) groups excluding carboxylic acids is 1. The lowest BCUT2D eigenvalue weighted by molar-refractivity contribution is 0.0987. The molecular formula is C18H22ClNO2S. The van der Waals surface area contributed by atoms with Crippen LogP contribution in [-0.2, 0) is 6.42 Å². The molecule has 0 saturated carbocycles. The lowest BCUT2D eigenvalue weighted by atomic mass is 10.1. The molecule has 0 saturated heterocycles. The van der Waals surface area contributed by atoms with Crippen LogP contribution in [0.15, 0.2) is 41.8 Å². The van der Waals surface area contributed by atoms with Gasteiger partial charge in [-0.1, -0.05) is 24.3 Å². The fourth-order valence-corrected chi connectivity index (χ4v) is 3.42. The van der Waals surface area contributed by atoms with Gasteiger partial charge in [-0.25, -0.2) is 0 Å². The topological polar surface area (TPSA) is 38.3 Å². The summed E-state index contributed by atoms with van der Waals surface area (Å²) in [4.78, 5) is 12.8. The van der Waals surface area contributed by atoms with E-state index in [1.165, 1.54) is 16.9 Å². The lowest BCUT2D eigenvalue weighted by Crippen LogP contribution is -2.21. The predicted octanol–water partition coefficient (Wildman–Crippen LogP) is 4.16. The van der Waals surface area contributed by atoms with E-state index in [2.05, 4.69) is 11.4 Å². The maximum atomic E-state index is 12.0. The Hall–Kier alpha value is -1.36. The first-order chi connectivity index (χ1) is 11.2. The predicted molar refractivity (Wildman–Crippen MR) is 97.1 cm³/mol. The highest BCUT2D eigenvalue weighted by atomic mass is 35.5. The van der Waals surface area contributed by atoms with E-state index in [1.54, 1.807) is 7.11 Å². The first-order valence-corrected chi connectivity index (χ1v) is 9.08. The molecule has 2 aromatic rings. The summed E-state index contributed by atoms with van der Waals surface area (Å²) in [6, 6.07) is 11.8. The van der Waals surface area contributed by atoms with Crippen molar-refractivity contribution in [2.45, 2.75) is 24.6 Å². The van der Waals surface area contributed by atoms with Crippen LogP contribution in [0.4, 0.5) is 0 Å². The van der Waals surface area contributed by atoms with Crippen molar-refractivity contribution in [1.29, 1.82) is 0 Å². The first kappa shape index (κ1) is 18.0. The first-order valence-electron chi connectivity index (χ1n) is 7.76. The van der Waals surface area contributed by atoms with Gasteiger partial charge in [-0.3, -0.25) is 4.79 Å². The molecule has 3 nitrogen and oxygen atoms in total. The Morgan fingerprint density at radius 1 is 1.26 bits per heavy atom. The van der Waals surface area contributed by atoms with E-state index in [4.69, 9.17) is 16.3 Å². The van der Waals surface area contributed by atoms with Gasteiger partial charge in [0.2, 0.25) is 0 Å². The van der Waals surface area contributed by atoms with Gasteiger partial charge in [0, 0.05) is 0 Å². The maximum Gasteiger partial charge on any atom is 0.190 e. The van der Waals surface area contributed by atoms with E-state index < -0.39 is 5.38 Å². The Kier molecular flexibility index (Phi) is 7.59. The zero-order valence-electron chi connectivity index (χ0n) is 13.3. The molecule has 0 radical (unpaired) electrons. The molecule has 0 amide bonds. The Morgan fingerprint density at radius 2 is 2.09 bits per heavy atom. The SMILES string of the molecule is COc1ccccc1CCNCCCC(Cl)C(=O)c1cccs1. The summed E-state index contributed by atoms with van der Waals surface area (Å²) >= 11 is 7.63. The second kappa shape index (κ2) is 9.71. The summed E-state index contributed by atoms with van der Waals surface area (Å²) in [5, 5.41) is 4.86. The summed E-state index contributed by atoms with van der Waals surface area (Å²) < 4.78 is 5.33.